The van der Waals surface area contributed by atoms with Gasteiger partial charge in [-0.15, -0.1) is 0 Å². The van der Waals surface area contributed by atoms with Crippen LogP contribution in [0.15, 0.2) is 47.4 Å². The summed E-state index contributed by atoms with van der Waals surface area (Å²) in [4.78, 5) is 17.2. The number of fused-ring (bicyclic) bond motifs is 1. The molecule has 0 unspecified atom stereocenters. The Balaban J connectivity index is 1.97. The number of carbonyl (C=O) groups is 1. The SMILES string of the molecule is Cc1ccc(S(=O)(=O)N(C)C[C@@H]2Oc3ccc(N(C)C)cc3C(=O)N([C@@H](C)CO)C[C@@H]2C)cc1. The Morgan fingerprint density at radius 1 is 1.15 bits per heavy atom. The van der Waals surface area contributed by atoms with Crippen molar-refractivity contribution in [2.24, 2.45) is 5.92 Å². The number of aliphatic hydroxyl groups excluding tert-OH is 1. The fraction of sp³-hybridized carbons (Fsp3) is 0.480. The number of ether oxygens (including phenoxy) is 1. The van der Waals surface area contributed by atoms with Gasteiger partial charge >= 0.3 is 0 Å². The van der Waals surface area contributed by atoms with Crippen LogP contribution in [0.2, 0.25) is 0 Å². The molecule has 0 fully saturated rings. The zero-order chi connectivity index (χ0) is 25.2. The van der Waals surface area contributed by atoms with E-state index in [1.807, 2.05) is 38.9 Å². The Hall–Kier alpha value is -2.62. The summed E-state index contributed by atoms with van der Waals surface area (Å²) in [7, 11) is 1.60. The van der Waals surface area contributed by atoms with Crippen LogP contribution in [0.3, 0.4) is 0 Å². The molecule has 8 nitrogen and oxygen atoms in total. The summed E-state index contributed by atoms with van der Waals surface area (Å²) < 4.78 is 34.0. The number of nitrogens with zero attached hydrogens (tertiary/aromatic N) is 3. The van der Waals surface area contributed by atoms with Gasteiger partial charge in [-0.25, -0.2) is 8.42 Å². The van der Waals surface area contributed by atoms with E-state index in [1.54, 1.807) is 55.3 Å². The molecule has 0 bridgehead atoms. The summed E-state index contributed by atoms with van der Waals surface area (Å²) in [5, 5.41) is 9.79. The van der Waals surface area contributed by atoms with Gasteiger partial charge < -0.3 is 19.6 Å². The number of benzene rings is 2. The van der Waals surface area contributed by atoms with E-state index >= 15 is 0 Å². The summed E-state index contributed by atoms with van der Waals surface area (Å²) in [5.74, 6) is 0.00454. The zero-order valence-electron chi connectivity index (χ0n) is 20.7. The zero-order valence-corrected chi connectivity index (χ0v) is 21.5. The van der Waals surface area contributed by atoms with E-state index in [0.717, 1.165) is 11.3 Å². The number of hydrogen-bond acceptors (Lipinski definition) is 6. The fourth-order valence-electron chi connectivity index (χ4n) is 3.95. The molecule has 1 heterocycles. The first-order valence-corrected chi connectivity index (χ1v) is 12.8. The highest BCUT2D eigenvalue weighted by molar-refractivity contribution is 7.89. The van der Waals surface area contributed by atoms with Crippen molar-refractivity contribution in [1.29, 1.82) is 0 Å². The number of aryl methyl sites for hydroxylation is 1. The molecule has 3 rings (SSSR count). The van der Waals surface area contributed by atoms with Crippen molar-refractivity contribution in [1.82, 2.24) is 9.21 Å². The average Bonchev–Trinajstić information content (AvgIpc) is 2.80. The summed E-state index contributed by atoms with van der Waals surface area (Å²) in [6, 6.07) is 11.7. The van der Waals surface area contributed by atoms with Crippen molar-refractivity contribution in [3.8, 4) is 5.75 Å². The summed E-state index contributed by atoms with van der Waals surface area (Å²) in [5.41, 5.74) is 2.22. The molecule has 0 spiro atoms. The molecule has 186 valence electrons. The number of aliphatic hydroxyl groups is 1. The Bertz CT molecular complexity index is 1120. The smallest absolute Gasteiger partial charge is 0.258 e. The van der Waals surface area contributed by atoms with Gasteiger partial charge in [0.15, 0.2) is 0 Å². The maximum atomic E-state index is 13.4. The third kappa shape index (κ3) is 5.37. The van der Waals surface area contributed by atoms with Crippen molar-refractivity contribution in [2.75, 3.05) is 45.7 Å². The van der Waals surface area contributed by atoms with Crippen LogP contribution in [-0.2, 0) is 10.0 Å². The third-order valence-electron chi connectivity index (χ3n) is 6.33. The van der Waals surface area contributed by atoms with Gasteiger partial charge in [-0.2, -0.15) is 4.31 Å². The molecule has 1 aliphatic rings. The number of sulfonamides is 1. The van der Waals surface area contributed by atoms with Crippen LogP contribution in [0.1, 0.15) is 29.8 Å². The lowest BCUT2D eigenvalue weighted by Crippen LogP contribution is -2.50. The molecule has 34 heavy (non-hydrogen) atoms. The second kappa shape index (κ2) is 10.3. The third-order valence-corrected chi connectivity index (χ3v) is 8.17. The highest BCUT2D eigenvalue weighted by atomic mass is 32.2. The highest BCUT2D eigenvalue weighted by Gasteiger charge is 2.35. The van der Waals surface area contributed by atoms with Crippen LogP contribution in [-0.4, -0.2) is 81.6 Å². The molecule has 1 amide bonds. The topological polar surface area (TPSA) is 90.4 Å². The number of rotatable bonds is 7. The van der Waals surface area contributed by atoms with Crippen LogP contribution in [0.4, 0.5) is 5.69 Å². The first-order chi connectivity index (χ1) is 15.9. The average molecular weight is 490 g/mol. The van der Waals surface area contributed by atoms with Crippen LogP contribution >= 0.6 is 0 Å². The minimum absolute atomic E-state index is 0.113. The molecular weight excluding hydrogens is 454 g/mol. The van der Waals surface area contributed by atoms with Crippen LogP contribution in [0, 0.1) is 12.8 Å². The molecule has 1 aliphatic heterocycles. The molecule has 2 aromatic carbocycles. The van der Waals surface area contributed by atoms with Gasteiger partial charge in [0.2, 0.25) is 10.0 Å². The standard InChI is InChI=1S/C25H35N3O5S/c1-17-7-10-21(11-8-17)34(31,32)27(6)15-24-18(2)14-28(19(3)16-29)25(30)22-13-20(26(4)5)9-12-23(22)33-24/h7-13,18-19,24,29H,14-16H2,1-6H3/t18-,19-,24-/m0/s1. The lowest BCUT2D eigenvalue weighted by atomic mass is 9.99. The molecule has 0 saturated carbocycles. The predicted molar refractivity (Wildman–Crippen MR) is 133 cm³/mol. The van der Waals surface area contributed by atoms with E-state index in [2.05, 4.69) is 0 Å². The molecule has 0 aromatic heterocycles. The van der Waals surface area contributed by atoms with E-state index in [-0.39, 0.29) is 29.9 Å². The Morgan fingerprint density at radius 2 is 1.79 bits per heavy atom. The van der Waals surface area contributed by atoms with Crippen LogP contribution < -0.4 is 9.64 Å². The summed E-state index contributed by atoms with van der Waals surface area (Å²) >= 11 is 0. The first-order valence-electron chi connectivity index (χ1n) is 11.4. The van der Waals surface area contributed by atoms with E-state index in [1.165, 1.54) is 4.31 Å². The summed E-state index contributed by atoms with van der Waals surface area (Å²) in [6.07, 6.45) is -0.504. The number of hydrogen-bond donors (Lipinski definition) is 1. The van der Waals surface area contributed by atoms with E-state index < -0.39 is 22.2 Å². The van der Waals surface area contributed by atoms with Crippen molar-refractivity contribution in [3.05, 3.63) is 53.6 Å². The predicted octanol–water partition coefficient (Wildman–Crippen LogP) is 2.60. The second-order valence-corrected chi connectivity index (χ2v) is 11.3. The molecule has 0 radical (unpaired) electrons. The molecular formula is C25H35N3O5S. The Morgan fingerprint density at radius 3 is 2.38 bits per heavy atom. The number of carbonyl (C=O) groups excluding carboxylic acids is 1. The monoisotopic (exact) mass is 489 g/mol. The van der Waals surface area contributed by atoms with Crippen molar-refractivity contribution >= 4 is 21.6 Å². The van der Waals surface area contributed by atoms with Crippen molar-refractivity contribution < 1.29 is 23.1 Å². The van der Waals surface area contributed by atoms with Gasteiger partial charge in [0, 0.05) is 39.3 Å². The van der Waals surface area contributed by atoms with Crippen LogP contribution in [0.25, 0.3) is 0 Å². The van der Waals surface area contributed by atoms with Gasteiger partial charge in [0.1, 0.15) is 11.9 Å². The van der Waals surface area contributed by atoms with Gasteiger partial charge in [-0.1, -0.05) is 24.6 Å². The molecule has 3 atom stereocenters. The number of likely N-dealkylation sites (N-methyl/N-ethyl adjacent to an activating group) is 1. The van der Waals surface area contributed by atoms with Crippen molar-refractivity contribution in [3.63, 3.8) is 0 Å². The van der Waals surface area contributed by atoms with E-state index in [0.29, 0.717) is 17.9 Å². The number of anilines is 1. The molecule has 9 heteroatoms. The van der Waals surface area contributed by atoms with Crippen molar-refractivity contribution in [2.45, 2.75) is 37.8 Å². The van der Waals surface area contributed by atoms with Crippen LogP contribution in [0.5, 0.6) is 5.75 Å². The Labute approximate surface area is 202 Å². The molecule has 2 aromatic rings. The lowest BCUT2D eigenvalue weighted by molar-refractivity contribution is 0.0387. The normalized spacial score (nSPS) is 19.8. The fourth-order valence-corrected chi connectivity index (χ4v) is 5.13. The van der Waals surface area contributed by atoms with Gasteiger partial charge in [0.25, 0.3) is 5.91 Å². The Kier molecular flexibility index (Phi) is 7.90. The largest absolute Gasteiger partial charge is 0.488 e. The maximum Gasteiger partial charge on any atom is 0.258 e. The molecule has 0 saturated heterocycles. The first kappa shape index (κ1) is 26.0. The van der Waals surface area contributed by atoms with Gasteiger partial charge in [-0.3, -0.25) is 4.79 Å². The van der Waals surface area contributed by atoms with E-state index in [9.17, 15) is 18.3 Å². The maximum absolute atomic E-state index is 13.4. The number of amides is 1. The summed E-state index contributed by atoms with van der Waals surface area (Å²) in [6.45, 7) is 5.90. The van der Waals surface area contributed by atoms with Gasteiger partial charge in [-0.05, 0) is 44.2 Å². The molecule has 0 aliphatic carbocycles. The van der Waals surface area contributed by atoms with Gasteiger partial charge in [0.05, 0.1) is 29.7 Å². The minimum atomic E-state index is -3.71. The lowest BCUT2D eigenvalue weighted by Gasteiger charge is -2.38. The van der Waals surface area contributed by atoms with E-state index in [4.69, 9.17) is 4.74 Å². The second-order valence-electron chi connectivity index (χ2n) is 9.30. The molecule has 1 N–H and O–H groups in total. The minimum Gasteiger partial charge on any atom is -0.488 e. The quantitative estimate of drug-likeness (QED) is 0.643. The highest BCUT2D eigenvalue weighted by Crippen LogP contribution is 2.31.